The molecule has 2 rings (SSSR count). The zero-order valence-electron chi connectivity index (χ0n) is 11.0. The Morgan fingerprint density at radius 2 is 2.28 bits per heavy atom. The number of nitrogens with two attached hydrogens (primary N) is 1. The Morgan fingerprint density at radius 1 is 1.50 bits per heavy atom. The van der Waals surface area contributed by atoms with Crippen LogP contribution in [0.5, 0.6) is 0 Å². The molecule has 18 heavy (non-hydrogen) atoms. The number of hydrogen-bond acceptors (Lipinski definition) is 5. The molecular weight excluding hydrogens is 246 g/mol. The molecule has 0 saturated heterocycles. The Morgan fingerprint density at radius 3 is 3.00 bits per heavy atom. The van der Waals surface area contributed by atoms with E-state index in [2.05, 4.69) is 17.2 Å². The first-order valence-corrected chi connectivity index (χ1v) is 6.92. The van der Waals surface area contributed by atoms with E-state index in [0.29, 0.717) is 6.61 Å². The van der Waals surface area contributed by atoms with Gasteiger partial charge in [-0.1, -0.05) is 0 Å². The molecule has 0 aliphatic heterocycles. The maximum Gasteiger partial charge on any atom is 0.0907 e. The maximum atomic E-state index is 6.05. The molecule has 5 heteroatoms. The predicted molar refractivity (Wildman–Crippen MR) is 78.3 cm³/mol. The predicted octanol–water partition coefficient (Wildman–Crippen LogP) is 3.02. The number of aromatic nitrogens is 1. The van der Waals surface area contributed by atoms with Crippen LogP contribution >= 0.6 is 11.3 Å². The third kappa shape index (κ3) is 2.91. The Bertz CT molecular complexity index is 538. The molecule has 3 N–H and O–H groups in total. The van der Waals surface area contributed by atoms with Gasteiger partial charge in [0.15, 0.2) is 0 Å². The van der Waals surface area contributed by atoms with Crippen molar-refractivity contribution in [2.24, 2.45) is 0 Å². The van der Waals surface area contributed by atoms with Crippen LogP contribution in [0, 0.1) is 6.92 Å². The van der Waals surface area contributed by atoms with Gasteiger partial charge >= 0.3 is 0 Å². The standard InChI is InChI=1S/C13H19N3OS/c1-4-17-7-8(2)15-11-6-12-13(5-10(11)14)18-9(3)16-12/h5-6,8,15H,4,7,14H2,1-3H3. The molecule has 1 aromatic carbocycles. The molecule has 4 nitrogen and oxygen atoms in total. The molecule has 1 heterocycles. The van der Waals surface area contributed by atoms with Gasteiger partial charge in [0.1, 0.15) is 0 Å². The maximum absolute atomic E-state index is 6.05. The summed E-state index contributed by atoms with van der Waals surface area (Å²) in [5, 5.41) is 4.42. The molecule has 0 aliphatic carbocycles. The van der Waals surface area contributed by atoms with Gasteiger partial charge in [0.25, 0.3) is 0 Å². The van der Waals surface area contributed by atoms with Gasteiger partial charge < -0.3 is 15.8 Å². The van der Waals surface area contributed by atoms with Gasteiger partial charge in [0.05, 0.1) is 33.2 Å². The normalized spacial score (nSPS) is 12.8. The van der Waals surface area contributed by atoms with Gasteiger partial charge in [-0.15, -0.1) is 11.3 Å². The third-order valence-electron chi connectivity index (χ3n) is 2.64. The fourth-order valence-corrected chi connectivity index (χ4v) is 2.69. The lowest BCUT2D eigenvalue weighted by Crippen LogP contribution is -2.22. The molecule has 1 unspecified atom stereocenters. The second-order valence-corrected chi connectivity index (χ2v) is 5.58. The molecular formula is C13H19N3OS. The van der Waals surface area contributed by atoms with Crippen molar-refractivity contribution in [1.82, 2.24) is 4.98 Å². The molecule has 98 valence electrons. The first-order valence-electron chi connectivity index (χ1n) is 6.11. The van der Waals surface area contributed by atoms with Crippen LogP contribution in [0.3, 0.4) is 0 Å². The van der Waals surface area contributed by atoms with Crippen molar-refractivity contribution in [1.29, 1.82) is 0 Å². The summed E-state index contributed by atoms with van der Waals surface area (Å²) in [5.41, 5.74) is 8.74. The second kappa shape index (κ2) is 5.54. The van der Waals surface area contributed by atoms with Crippen LogP contribution in [-0.4, -0.2) is 24.2 Å². The molecule has 0 aliphatic rings. The summed E-state index contributed by atoms with van der Waals surface area (Å²) >= 11 is 1.66. The van der Waals surface area contributed by atoms with Gasteiger partial charge in [0, 0.05) is 12.6 Å². The number of fused-ring (bicyclic) bond motifs is 1. The fourth-order valence-electron chi connectivity index (χ4n) is 1.83. The van der Waals surface area contributed by atoms with E-state index in [1.807, 2.05) is 26.0 Å². The number of nitrogens with one attached hydrogen (secondary N) is 1. The Hall–Kier alpha value is -1.33. The minimum Gasteiger partial charge on any atom is -0.397 e. The van der Waals surface area contributed by atoms with Crippen LogP contribution < -0.4 is 11.1 Å². The second-order valence-electron chi connectivity index (χ2n) is 4.34. The number of hydrogen-bond donors (Lipinski definition) is 2. The van der Waals surface area contributed by atoms with Crippen molar-refractivity contribution in [3.8, 4) is 0 Å². The van der Waals surface area contributed by atoms with Gasteiger partial charge in [-0.2, -0.15) is 0 Å². The first-order chi connectivity index (χ1) is 8.60. The van der Waals surface area contributed by atoms with Crippen LogP contribution in [-0.2, 0) is 4.74 Å². The van der Waals surface area contributed by atoms with Crippen molar-refractivity contribution in [3.05, 3.63) is 17.1 Å². The summed E-state index contributed by atoms with van der Waals surface area (Å²) in [6, 6.07) is 4.22. The topological polar surface area (TPSA) is 60.2 Å². The summed E-state index contributed by atoms with van der Waals surface area (Å²) in [5.74, 6) is 0. The Kier molecular flexibility index (Phi) is 4.04. The van der Waals surface area contributed by atoms with E-state index in [-0.39, 0.29) is 6.04 Å². The minimum absolute atomic E-state index is 0.226. The lowest BCUT2D eigenvalue weighted by molar-refractivity contribution is 0.141. The SMILES string of the molecule is CCOCC(C)Nc1cc2nc(C)sc2cc1N. The van der Waals surface area contributed by atoms with Crippen molar-refractivity contribution >= 4 is 32.9 Å². The zero-order chi connectivity index (χ0) is 13.1. The number of benzene rings is 1. The first kappa shape index (κ1) is 13.1. The quantitative estimate of drug-likeness (QED) is 0.816. The summed E-state index contributed by atoms with van der Waals surface area (Å²) in [7, 11) is 0. The zero-order valence-corrected chi connectivity index (χ0v) is 11.8. The van der Waals surface area contributed by atoms with E-state index in [9.17, 15) is 0 Å². The summed E-state index contributed by atoms with van der Waals surface area (Å²) in [6.07, 6.45) is 0. The molecule has 0 radical (unpaired) electrons. The van der Waals surface area contributed by atoms with Gasteiger partial charge in [0.2, 0.25) is 0 Å². The van der Waals surface area contributed by atoms with Gasteiger partial charge in [-0.3, -0.25) is 0 Å². The smallest absolute Gasteiger partial charge is 0.0907 e. The third-order valence-corrected chi connectivity index (χ3v) is 3.57. The average Bonchev–Trinajstić information content (AvgIpc) is 2.66. The Labute approximate surface area is 111 Å². The highest BCUT2D eigenvalue weighted by Gasteiger charge is 2.08. The number of nitrogen functional groups attached to an aromatic ring is 1. The van der Waals surface area contributed by atoms with Crippen molar-refractivity contribution in [2.75, 3.05) is 24.3 Å². The molecule has 1 aromatic heterocycles. The number of rotatable bonds is 5. The molecule has 0 fully saturated rings. The van der Waals surface area contributed by atoms with Crippen LogP contribution in [0.15, 0.2) is 12.1 Å². The summed E-state index contributed by atoms with van der Waals surface area (Å²) in [6.45, 7) is 7.47. The highest BCUT2D eigenvalue weighted by molar-refractivity contribution is 7.18. The van der Waals surface area contributed by atoms with Gasteiger partial charge in [-0.25, -0.2) is 4.98 Å². The largest absolute Gasteiger partial charge is 0.397 e. The number of aryl methyl sites for hydroxylation is 1. The fraction of sp³-hybridized carbons (Fsp3) is 0.462. The monoisotopic (exact) mass is 265 g/mol. The van der Waals surface area contributed by atoms with Crippen LogP contribution in [0.4, 0.5) is 11.4 Å². The van der Waals surface area contributed by atoms with Crippen molar-refractivity contribution < 1.29 is 4.74 Å². The summed E-state index contributed by atoms with van der Waals surface area (Å²) in [4.78, 5) is 4.48. The molecule has 2 aromatic rings. The van der Waals surface area contributed by atoms with Crippen molar-refractivity contribution in [2.45, 2.75) is 26.8 Å². The summed E-state index contributed by atoms with van der Waals surface area (Å²) < 4.78 is 6.51. The van der Waals surface area contributed by atoms with Crippen LogP contribution in [0.2, 0.25) is 0 Å². The lowest BCUT2D eigenvalue weighted by Gasteiger charge is -2.16. The van der Waals surface area contributed by atoms with E-state index >= 15 is 0 Å². The highest BCUT2D eigenvalue weighted by atomic mass is 32.1. The van der Waals surface area contributed by atoms with Crippen LogP contribution in [0.25, 0.3) is 10.2 Å². The lowest BCUT2D eigenvalue weighted by atomic mass is 10.2. The highest BCUT2D eigenvalue weighted by Crippen LogP contribution is 2.30. The minimum atomic E-state index is 0.226. The van der Waals surface area contributed by atoms with Gasteiger partial charge in [-0.05, 0) is 32.9 Å². The molecule has 0 spiro atoms. The number of anilines is 2. The van der Waals surface area contributed by atoms with E-state index in [1.165, 1.54) is 0 Å². The van der Waals surface area contributed by atoms with E-state index < -0.39 is 0 Å². The van der Waals surface area contributed by atoms with Crippen molar-refractivity contribution in [3.63, 3.8) is 0 Å². The number of nitrogens with zero attached hydrogens (tertiary/aromatic N) is 1. The Balaban J connectivity index is 2.19. The van der Waals surface area contributed by atoms with E-state index in [0.717, 1.165) is 33.2 Å². The van der Waals surface area contributed by atoms with E-state index in [1.54, 1.807) is 11.3 Å². The molecule has 0 amide bonds. The number of ether oxygens (including phenoxy) is 1. The molecule has 0 saturated carbocycles. The number of thiazole rings is 1. The average molecular weight is 265 g/mol. The van der Waals surface area contributed by atoms with Crippen LogP contribution in [0.1, 0.15) is 18.9 Å². The van der Waals surface area contributed by atoms with E-state index in [4.69, 9.17) is 10.5 Å². The molecule has 0 bridgehead atoms. The molecule has 1 atom stereocenters.